The van der Waals surface area contributed by atoms with Crippen molar-refractivity contribution in [3.05, 3.63) is 134 Å². The van der Waals surface area contributed by atoms with Gasteiger partial charge in [0.1, 0.15) is 12.4 Å². The Morgan fingerprint density at radius 2 is 1.78 bits per heavy atom. The molecule has 5 rings (SSSR count). The Labute approximate surface area is 219 Å². The molecule has 0 saturated heterocycles. The van der Waals surface area contributed by atoms with Crippen molar-refractivity contribution in [3.63, 3.8) is 0 Å². The molecule has 0 aliphatic rings. The van der Waals surface area contributed by atoms with E-state index < -0.39 is 0 Å². The molecule has 0 bridgehead atoms. The van der Waals surface area contributed by atoms with Gasteiger partial charge in [-0.05, 0) is 41.3 Å². The van der Waals surface area contributed by atoms with Crippen LogP contribution in [-0.4, -0.2) is 20.9 Å². The summed E-state index contributed by atoms with van der Waals surface area (Å²) in [5.74, 6) is -0.0905. The topological polar surface area (TPSA) is 79.6 Å². The molecule has 3 aromatic carbocycles. The van der Waals surface area contributed by atoms with Crippen LogP contribution in [-0.2, 0) is 30.8 Å². The standard InChI is InChI=1S/C30H26ClN3O3/c31-25-10-6-9-22(15-25)20-37-33-18-24-19-34(14-13-23-17-32-28-12-5-4-11-26(23)28)30(36)27(29(24)35)16-21-7-2-1-3-8-21/h1-12,15,17-19,32,35H,13-14,16,20H2/b33-18-. The number of rotatable bonds is 9. The second-order valence-electron chi connectivity index (χ2n) is 8.82. The van der Waals surface area contributed by atoms with Crippen molar-refractivity contribution in [1.29, 1.82) is 0 Å². The van der Waals surface area contributed by atoms with Gasteiger partial charge in [0, 0.05) is 41.3 Å². The lowest BCUT2D eigenvalue weighted by Crippen LogP contribution is -2.25. The first kappa shape index (κ1) is 24.4. The molecule has 0 fully saturated rings. The van der Waals surface area contributed by atoms with Gasteiger partial charge >= 0.3 is 0 Å². The van der Waals surface area contributed by atoms with E-state index in [9.17, 15) is 9.90 Å². The quantitative estimate of drug-likeness (QED) is 0.186. The number of halogens is 1. The van der Waals surface area contributed by atoms with Gasteiger partial charge in [-0.3, -0.25) is 4.79 Å². The summed E-state index contributed by atoms with van der Waals surface area (Å²) in [7, 11) is 0. The number of aromatic nitrogens is 2. The van der Waals surface area contributed by atoms with Crippen molar-refractivity contribution in [1.82, 2.24) is 9.55 Å². The fraction of sp³-hybridized carbons (Fsp3) is 0.133. The molecule has 0 radical (unpaired) electrons. The zero-order valence-corrected chi connectivity index (χ0v) is 20.9. The maximum absolute atomic E-state index is 13.4. The average Bonchev–Trinajstić information content (AvgIpc) is 3.33. The zero-order chi connectivity index (χ0) is 25.6. The van der Waals surface area contributed by atoms with Gasteiger partial charge in [-0.25, -0.2) is 0 Å². The SMILES string of the molecule is O=c1c(Cc2ccccc2)c(O)c(/C=N\OCc2cccc(Cl)c2)cn1CCc1c[nH]c2ccccc12. The molecule has 0 aliphatic carbocycles. The fourth-order valence-electron chi connectivity index (χ4n) is 4.37. The van der Waals surface area contributed by atoms with Crippen LogP contribution < -0.4 is 5.56 Å². The summed E-state index contributed by atoms with van der Waals surface area (Å²) in [6, 6.07) is 25.0. The Bertz CT molecular complexity index is 1610. The number of hydrogen-bond donors (Lipinski definition) is 2. The minimum absolute atomic E-state index is 0.0905. The van der Waals surface area contributed by atoms with Crippen LogP contribution in [0.4, 0.5) is 0 Å². The molecule has 37 heavy (non-hydrogen) atoms. The lowest BCUT2D eigenvalue weighted by Gasteiger charge is -2.13. The summed E-state index contributed by atoms with van der Waals surface area (Å²) >= 11 is 6.03. The molecule has 7 heteroatoms. The highest BCUT2D eigenvalue weighted by molar-refractivity contribution is 6.30. The minimum Gasteiger partial charge on any atom is -0.507 e. The molecular weight excluding hydrogens is 486 g/mol. The highest BCUT2D eigenvalue weighted by Gasteiger charge is 2.16. The Kier molecular flexibility index (Phi) is 7.38. The number of pyridine rings is 1. The van der Waals surface area contributed by atoms with Crippen LogP contribution in [0.1, 0.15) is 27.8 Å². The minimum atomic E-state index is -0.224. The molecule has 2 aromatic heterocycles. The van der Waals surface area contributed by atoms with Crippen LogP contribution in [0.2, 0.25) is 5.02 Å². The summed E-state index contributed by atoms with van der Waals surface area (Å²) in [6.07, 6.45) is 6.02. The second kappa shape index (κ2) is 11.2. The number of nitrogens with zero attached hydrogens (tertiary/aromatic N) is 2. The summed E-state index contributed by atoms with van der Waals surface area (Å²) in [5.41, 5.74) is 4.51. The highest BCUT2D eigenvalue weighted by atomic mass is 35.5. The number of oxime groups is 1. The monoisotopic (exact) mass is 511 g/mol. The van der Waals surface area contributed by atoms with Crippen LogP contribution in [0.5, 0.6) is 5.75 Å². The van der Waals surface area contributed by atoms with Gasteiger partial charge in [-0.2, -0.15) is 0 Å². The van der Waals surface area contributed by atoms with E-state index in [0.717, 1.165) is 27.6 Å². The zero-order valence-electron chi connectivity index (χ0n) is 20.1. The van der Waals surface area contributed by atoms with Crippen LogP contribution in [0.15, 0.2) is 101 Å². The van der Waals surface area contributed by atoms with Gasteiger partial charge < -0.3 is 19.5 Å². The van der Waals surface area contributed by atoms with Crippen molar-refractivity contribution in [2.45, 2.75) is 26.0 Å². The van der Waals surface area contributed by atoms with E-state index in [1.165, 1.54) is 6.21 Å². The summed E-state index contributed by atoms with van der Waals surface area (Å²) in [6.45, 7) is 0.682. The van der Waals surface area contributed by atoms with Gasteiger partial charge in [0.05, 0.1) is 17.3 Å². The van der Waals surface area contributed by atoms with Crippen molar-refractivity contribution in [2.24, 2.45) is 5.16 Å². The fourth-order valence-corrected chi connectivity index (χ4v) is 4.58. The van der Waals surface area contributed by atoms with Gasteiger partial charge in [0.2, 0.25) is 0 Å². The molecular formula is C30H26ClN3O3. The number of hydrogen-bond acceptors (Lipinski definition) is 4. The van der Waals surface area contributed by atoms with E-state index in [-0.39, 0.29) is 17.9 Å². The Morgan fingerprint density at radius 1 is 1.00 bits per heavy atom. The molecule has 0 aliphatic heterocycles. The summed E-state index contributed by atoms with van der Waals surface area (Å²) in [4.78, 5) is 22.1. The number of nitrogens with one attached hydrogen (secondary N) is 1. The number of H-pyrrole nitrogens is 1. The van der Waals surface area contributed by atoms with Gasteiger partial charge in [-0.15, -0.1) is 0 Å². The smallest absolute Gasteiger partial charge is 0.257 e. The average molecular weight is 512 g/mol. The largest absolute Gasteiger partial charge is 0.507 e. The van der Waals surface area contributed by atoms with E-state index in [1.54, 1.807) is 22.9 Å². The predicted molar refractivity (Wildman–Crippen MR) is 147 cm³/mol. The normalized spacial score (nSPS) is 11.4. The van der Waals surface area contributed by atoms with Gasteiger partial charge in [0.25, 0.3) is 5.56 Å². The second-order valence-corrected chi connectivity index (χ2v) is 9.26. The van der Waals surface area contributed by atoms with Crippen molar-refractivity contribution in [2.75, 3.05) is 0 Å². The first-order chi connectivity index (χ1) is 18.1. The molecule has 0 spiro atoms. The molecule has 186 valence electrons. The third kappa shape index (κ3) is 5.76. The van der Waals surface area contributed by atoms with Crippen LogP contribution in [0.25, 0.3) is 10.9 Å². The van der Waals surface area contributed by atoms with E-state index in [2.05, 4.69) is 16.2 Å². The molecule has 2 N–H and O–H groups in total. The van der Waals surface area contributed by atoms with Gasteiger partial charge in [-0.1, -0.05) is 77.4 Å². The number of aromatic amines is 1. The summed E-state index contributed by atoms with van der Waals surface area (Å²) in [5, 5.41) is 16.8. The lowest BCUT2D eigenvalue weighted by atomic mass is 10.0. The first-order valence-electron chi connectivity index (χ1n) is 12.0. The molecule has 0 saturated carbocycles. The molecule has 0 unspecified atom stereocenters. The van der Waals surface area contributed by atoms with Crippen LogP contribution in [0.3, 0.4) is 0 Å². The van der Waals surface area contributed by atoms with E-state index in [1.807, 2.05) is 66.9 Å². The molecule has 5 aromatic rings. The third-order valence-corrected chi connectivity index (χ3v) is 6.52. The summed E-state index contributed by atoms with van der Waals surface area (Å²) < 4.78 is 1.64. The Morgan fingerprint density at radius 3 is 2.62 bits per heavy atom. The molecule has 0 atom stereocenters. The maximum Gasteiger partial charge on any atom is 0.257 e. The van der Waals surface area contributed by atoms with E-state index in [4.69, 9.17) is 16.4 Å². The maximum atomic E-state index is 13.4. The number of para-hydroxylation sites is 1. The van der Waals surface area contributed by atoms with Gasteiger partial charge in [0.15, 0.2) is 0 Å². The third-order valence-electron chi connectivity index (χ3n) is 6.28. The van der Waals surface area contributed by atoms with Crippen molar-refractivity contribution in [3.8, 4) is 5.75 Å². The van der Waals surface area contributed by atoms with Crippen LogP contribution >= 0.6 is 11.6 Å². The number of aryl methyl sites for hydroxylation is 2. The Balaban J connectivity index is 1.42. The number of aromatic hydroxyl groups is 1. The predicted octanol–water partition coefficient (Wildman–Crippen LogP) is 6.07. The number of benzene rings is 3. The van der Waals surface area contributed by atoms with E-state index >= 15 is 0 Å². The van der Waals surface area contributed by atoms with Crippen molar-refractivity contribution >= 4 is 28.7 Å². The highest BCUT2D eigenvalue weighted by Crippen LogP contribution is 2.23. The lowest BCUT2D eigenvalue weighted by molar-refractivity contribution is 0.132. The molecule has 6 nitrogen and oxygen atoms in total. The Hall–Kier alpha value is -4.29. The van der Waals surface area contributed by atoms with E-state index in [0.29, 0.717) is 35.5 Å². The molecule has 2 heterocycles. The molecule has 0 amide bonds. The first-order valence-corrected chi connectivity index (χ1v) is 12.4. The van der Waals surface area contributed by atoms with Crippen molar-refractivity contribution < 1.29 is 9.94 Å². The van der Waals surface area contributed by atoms with Crippen LogP contribution in [0, 0.1) is 0 Å². The number of fused-ring (bicyclic) bond motifs is 1.